The first-order valence-electron chi connectivity index (χ1n) is 6.74. The molecule has 1 aromatic heterocycles. The van der Waals surface area contributed by atoms with Crippen molar-refractivity contribution < 1.29 is 0 Å². The summed E-state index contributed by atoms with van der Waals surface area (Å²) in [6.45, 7) is 6.72. The largest absolute Gasteiger partial charge is 0.396 e. The summed E-state index contributed by atoms with van der Waals surface area (Å²) in [6.07, 6.45) is 5.42. The molecular weight excluding hydrogens is 246 g/mol. The average Bonchev–Trinajstić information content (AvgIpc) is 2.54. The number of nitrogens with two attached hydrogens (primary N) is 1. The van der Waals surface area contributed by atoms with Crippen molar-refractivity contribution in [3.05, 3.63) is 17.3 Å². The van der Waals surface area contributed by atoms with Crippen molar-refractivity contribution in [3.63, 3.8) is 0 Å². The Bertz CT molecular complexity index is 406. The van der Waals surface area contributed by atoms with E-state index in [0.29, 0.717) is 10.7 Å². The second kappa shape index (κ2) is 5.79. The smallest absolute Gasteiger partial charge is 0.151 e. The second-order valence-electron chi connectivity index (χ2n) is 5.49. The van der Waals surface area contributed by atoms with Gasteiger partial charge in [-0.2, -0.15) is 0 Å². The lowest BCUT2D eigenvalue weighted by molar-refractivity contribution is 0.351. The maximum Gasteiger partial charge on any atom is 0.151 e. The molecule has 1 unspecified atom stereocenters. The van der Waals surface area contributed by atoms with Crippen LogP contribution in [0.15, 0.2) is 12.3 Å². The summed E-state index contributed by atoms with van der Waals surface area (Å²) in [5.74, 6) is 2.48. The molecule has 1 aliphatic heterocycles. The lowest BCUT2D eigenvalue weighted by Gasteiger charge is -2.23. The monoisotopic (exact) mass is 267 g/mol. The van der Waals surface area contributed by atoms with Crippen molar-refractivity contribution in [2.75, 3.05) is 23.7 Å². The predicted octanol–water partition coefficient (Wildman–Crippen LogP) is 3.58. The van der Waals surface area contributed by atoms with Crippen LogP contribution in [0.25, 0.3) is 0 Å². The Labute approximate surface area is 114 Å². The standard InChI is InChI=1S/C14H22ClN3/c1-10(2)11-4-3-6-18(7-5-11)14-13(16)8-12(15)9-17-14/h8-11H,3-7,16H2,1-2H3. The highest BCUT2D eigenvalue weighted by Gasteiger charge is 2.21. The van der Waals surface area contributed by atoms with E-state index < -0.39 is 0 Å². The van der Waals surface area contributed by atoms with Crippen LogP contribution >= 0.6 is 11.6 Å². The first-order chi connectivity index (χ1) is 8.58. The lowest BCUT2D eigenvalue weighted by Crippen LogP contribution is -2.26. The molecule has 2 N–H and O–H groups in total. The minimum absolute atomic E-state index is 0.603. The molecule has 1 aliphatic rings. The van der Waals surface area contributed by atoms with Gasteiger partial charge in [0.05, 0.1) is 10.7 Å². The number of nitrogen functional groups attached to an aromatic ring is 1. The summed E-state index contributed by atoms with van der Waals surface area (Å²) in [5.41, 5.74) is 6.69. The number of pyridine rings is 1. The molecule has 3 nitrogen and oxygen atoms in total. The molecule has 0 aliphatic carbocycles. The molecule has 1 fully saturated rings. The van der Waals surface area contributed by atoms with E-state index in [0.717, 1.165) is 30.7 Å². The fourth-order valence-electron chi connectivity index (χ4n) is 2.71. The molecule has 1 aromatic rings. The van der Waals surface area contributed by atoms with Crippen LogP contribution in [0.3, 0.4) is 0 Å². The van der Waals surface area contributed by atoms with Gasteiger partial charge in [-0.1, -0.05) is 25.4 Å². The van der Waals surface area contributed by atoms with Crippen molar-refractivity contribution in [2.45, 2.75) is 33.1 Å². The molecular formula is C14H22ClN3. The van der Waals surface area contributed by atoms with E-state index in [4.69, 9.17) is 17.3 Å². The molecule has 1 atom stereocenters. The quantitative estimate of drug-likeness (QED) is 0.891. The zero-order chi connectivity index (χ0) is 13.1. The van der Waals surface area contributed by atoms with Gasteiger partial charge in [-0.3, -0.25) is 0 Å². The zero-order valence-electron chi connectivity index (χ0n) is 11.2. The van der Waals surface area contributed by atoms with Crippen molar-refractivity contribution in [3.8, 4) is 0 Å². The number of hydrogen-bond acceptors (Lipinski definition) is 3. The lowest BCUT2D eigenvalue weighted by atomic mass is 9.89. The number of hydrogen-bond donors (Lipinski definition) is 1. The molecule has 1 saturated heterocycles. The van der Waals surface area contributed by atoms with Gasteiger partial charge in [-0.15, -0.1) is 0 Å². The normalized spacial score (nSPS) is 21.1. The van der Waals surface area contributed by atoms with Crippen LogP contribution in [-0.2, 0) is 0 Å². The summed E-state index contributed by atoms with van der Waals surface area (Å²) in [6, 6.07) is 1.79. The van der Waals surface area contributed by atoms with Gasteiger partial charge >= 0.3 is 0 Å². The summed E-state index contributed by atoms with van der Waals surface area (Å²) in [4.78, 5) is 6.68. The number of halogens is 1. The Morgan fingerprint density at radius 2 is 2.17 bits per heavy atom. The molecule has 0 bridgehead atoms. The summed E-state index contributed by atoms with van der Waals surface area (Å²) in [7, 11) is 0. The van der Waals surface area contributed by atoms with E-state index in [-0.39, 0.29) is 0 Å². The van der Waals surface area contributed by atoms with E-state index >= 15 is 0 Å². The molecule has 4 heteroatoms. The molecule has 2 rings (SSSR count). The zero-order valence-corrected chi connectivity index (χ0v) is 12.0. The predicted molar refractivity (Wildman–Crippen MR) is 78.1 cm³/mol. The first-order valence-corrected chi connectivity index (χ1v) is 7.11. The Morgan fingerprint density at radius 1 is 1.39 bits per heavy atom. The number of aromatic nitrogens is 1. The van der Waals surface area contributed by atoms with Crippen LogP contribution in [0.4, 0.5) is 11.5 Å². The summed E-state index contributed by atoms with van der Waals surface area (Å²) >= 11 is 5.89. The van der Waals surface area contributed by atoms with Crippen LogP contribution < -0.4 is 10.6 Å². The van der Waals surface area contributed by atoms with E-state index in [1.165, 1.54) is 19.3 Å². The van der Waals surface area contributed by atoms with E-state index in [1.54, 1.807) is 12.3 Å². The van der Waals surface area contributed by atoms with Gasteiger partial charge in [0.25, 0.3) is 0 Å². The molecule has 2 heterocycles. The average molecular weight is 268 g/mol. The molecule has 18 heavy (non-hydrogen) atoms. The van der Waals surface area contributed by atoms with Crippen LogP contribution in [0, 0.1) is 11.8 Å². The number of anilines is 2. The molecule has 0 radical (unpaired) electrons. The number of rotatable bonds is 2. The fourth-order valence-corrected chi connectivity index (χ4v) is 2.88. The van der Waals surface area contributed by atoms with Crippen molar-refractivity contribution in [1.29, 1.82) is 0 Å². The maximum atomic E-state index is 6.01. The third-order valence-corrected chi connectivity index (χ3v) is 4.08. The first kappa shape index (κ1) is 13.5. The summed E-state index contributed by atoms with van der Waals surface area (Å²) < 4.78 is 0. The van der Waals surface area contributed by atoms with Crippen molar-refractivity contribution in [1.82, 2.24) is 4.98 Å². The SMILES string of the molecule is CC(C)C1CCCN(c2ncc(Cl)cc2N)CC1. The minimum atomic E-state index is 0.603. The Balaban J connectivity index is 2.10. The van der Waals surface area contributed by atoms with E-state index in [1.807, 2.05) is 0 Å². The third kappa shape index (κ3) is 3.08. The highest BCUT2D eigenvalue weighted by molar-refractivity contribution is 6.30. The minimum Gasteiger partial charge on any atom is -0.396 e. The second-order valence-corrected chi connectivity index (χ2v) is 5.92. The highest BCUT2D eigenvalue weighted by atomic mass is 35.5. The molecule has 0 spiro atoms. The van der Waals surface area contributed by atoms with Crippen molar-refractivity contribution >= 4 is 23.1 Å². The van der Waals surface area contributed by atoms with Crippen LogP contribution in [0.5, 0.6) is 0 Å². The van der Waals surface area contributed by atoms with Gasteiger partial charge in [0, 0.05) is 19.3 Å². The number of nitrogens with zero attached hydrogens (tertiary/aromatic N) is 2. The topological polar surface area (TPSA) is 42.2 Å². The molecule has 100 valence electrons. The third-order valence-electron chi connectivity index (χ3n) is 3.88. The van der Waals surface area contributed by atoms with Gasteiger partial charge < -0.3 is 10.6 Å². The highest BCUT2D eigenvalue weighted by Crippen LogP contribution is 2.29. The molecule has 0 aromatic carbocycles. The fraction of sp³-hybridized carbons (Fsp3) is 0.643. The van der Waals surface area contributed by atoms with Crippen LogP contribution in [-0.4, -0.2) is 18.1 Å². The summed E-state index contributed by atoms with van der Waals surface area (Å²) in [5, 5.41) is 0.603. The van der Waals surface area contributed by atoms with Gasteiger partial charge in [0.1, 0.15) is 0 Å². The van der Waals surface area contributed by atoms with Gasteiger partial charge in [-0.05, 0) is 37.2 Å². The Hall–Kier alpha value is -0.960. The molecule has 0 amide bonds. The molecule has 0 saturated carbocycles. The van der Waals surface area contributed by atoms with Crippen LogP contribution in [0.1, 0.15) is 33.1 Å². The van der Waals surface area contributed by atoms with Crippen molar-refractivity contribution in [2.24, 2.45) is 11.8 Å². The van der Waals surface area contributed by atoms with Gasteiger partial charge in [-0.25, -0.2) is 4.98 Å². The van der Waals surface area contributed by atoms with Gasteiger partial charge in [0.2, 0.25) is 0 Å². The van der Waals surface area contributed by atoms with Crippen LogP contribution in [0.2, 0.25) is 5.02 Å². The van der Waals surface area contributed by atoms with E-state index in [2.05, 4.69) is 23.7 Å². The Kier molecular flexibility index (Phi) is 4.33. The Morgan fingerprint density at radius 3 is 2.83 bits per heavy atom. The maximum absolute atomic E-state index is 6.01. The van der Waals surface area contributed by atoms with E-state index in [9.17, 15) is 0 Å². The van der Waals surface area contributed by atoms with Gasteiger partial charge in [0.15, 0.2) is 5.82 Å².